The Morgan fingerprint density at radius 3 is 2.67 bits per heavy atom. The first kappa shape index (κ1) is 13.4. The second-order valence-electron chi connectivity index (χ2n) is 3.97. The van der Waals surface area contributed by atoms with E-state index in [1.807, 2.05) is 43.3 Å². The van der Waals surface area contributed by atoms with Crippen LogP contribution in [0.15, 0.2) is 40.9 Å². The summed E-state index contributed by atoms with van der Waals surface area (Å²) in [7, 11) is 0. The van der Waals surface area contributed by atoms with Gasteiger partial charge >= 0.3 is 0 Å². The van der Waals surface area contributed by atoms with Gasteiger partial charge < -0.3 is 10.5 Å². The Hall–Kier alpha value is -1.03. The second-order valence-corrected chi connectivity index (χ2v) is 5.29. The first-order chi connectivity index (χ1) is 8.60. The van der Waals surface area contributed by atoms with Crippen molar-refractivity contribution >= 4 is 27.5 Å². The largest absolute Gasteiger partial charge is 0.457 e. The molecule has 0 aromatic heterocycles. The van der Waals surface area contributed by atoms with E-state index in [2.05, 4.69) is 15.9 Å². The highest BCUT2D eigenvalue weighted by Gasteiger charge is 2.06. The third-order valence-corrected chi connectivity index (χ3v) is 3.52. The third kappa shape index (κ3) is 3.05. The zero-order chi connectivity index (χ0) is 13.1. The van der Waals surface area contributed by atoms with Crippen molar-refractivity contribution < 1.29 is 4.74 Å². The number of ether oxygens (including phenoxy) is 1. The molecule has 2 aromatic rings. The van der Waals surface area contributed by atoms with Crippen molar-refractivity contribution in [1.29, 1.82) is 0 Å². The summed E-state index contributed by atoms with van der Waals surface area (Å²) >= 11 is 9.41. The molecule has 0 saturated heterocycles. The molecular weight excluding hydrogens is 314 g/mol. The van der Waals surface area contributed by atoms with E-state index >= 15 is 0 Å². The van der Waals surface area contributed by atoms with Crippen molar-refractivity contribution in [2.75, 3.05) is 0 Å². The molecule has 0 aliphatic rings. The van der Waals surface area contributed by atoms with E-state index in [0.29, 0.717) is 6.54 Å². The first-order valence-corrected chi connectivity index (χ1v) is 6.70. The summed E-state index contributed by atoms with van der Waals surface area (Å²) in [6.07, 6.45) is 0. The van der Waals surface area contributed by atoms with Gasteiger partial charge in [0.15, 0.2) is 0 Å². The summed E-state index contributed by atoms with van der Waals surface area (Å²) in [5, 5.41) is 0.732. The van der Waals surface area contributed by atoms with Crippen LogP contribution in [-0.4, -0.2) is 0 Å². The van der Waals surface area contributed by atoms with Gasteiger partial charge in [0.05, 0.1) is 0 Å². The number of hydrogen-bond donors (Lipinski definition) is 1. The molecule has 0 aliphatic heterocycles. The fourth-order valence-corrected chi connectivity index (χ4v) is 2.06. The monoisotopic (exact) mass is 325 g/mol. The predicted molar refractivity (Wildman–Crippen MR) is 78.3 cm³/mol. The van der Waals surface area contributed by atoms with Crippen molar-refractivity contribution in [3.63, 3.8) is 0 Å². The van der Waals surface area contributed by atoms with E-state index in [4.69, 9.17) is 22.1 Å². The van der Waals surface area contributed by atoms with Gasteiger partial charge in [0, 0.05) is 21.6 Å². The maximum atomic E-state index is 5.98. The van der Waals surface area contributed by atoms with Crippen LogP contribution in [0.4, 0.5) is 0 Å². The summed E-state index contributed by atoms with van der Waals surface area (Å²) in [6, 6.07) is 11.4. The van der Waals surface area contributed by atoms with Crippen LogP contribution in [0.2, 0.25) is 5.02 Å². The smallest absolute Gasteiger partial charge is 0.133 e. The van der Waals surface area contributed by atoms with Crippen LogP contribution in [0.25, 0.3) is 0 Å². The Labute approximate surface area is 120 Å². The topological polar surface area (TPSA) is 35.2 Å². The third-order valence-electron chi connectivity index (χ3n) is 2.61. The zero-order valence-electron chi connectivity index (χ0n) is 9.91. The molecule has 0 saturated carbocycles. The molecule has 2 nitrogen and oxygen atoms in total. The fourth-order valence-electron chi connectivity index (χ4n) is 1.60. The number of rotatable bonds is 3. The Bertz CT molecular complexity index is 572. The lowest BCUT2D eigenvalue weighted by molar-refractivity contribution is 0.475. The molecule has 2 N–H and O–H groups in total. The number of halogens is 2. The Balaban J connectivity index is 2.33. The van der Waals surface area contributed by atoms with Crippen molar-refractivity contribution in [2.45, 2.75) is 13.5 Å². The van der Waals surface area contributed by atoms with Crippen LogP contribution in [0.3, 0.4) is 0 Å². The minimum atomic E-state index is 0.440. The van der Waals surface area contributed by atoms with E-state index in [9.17, 15) is 0 Å². The van der Waals surface area contributed by atoms with Crippen LogP contribution < -0.4 is 10.5 Å². The summed E-state index contributed by atoms with van der Waals surface area (Å²) in [5.74, 6) is 1.51. The lowest BCUT2D eigenvalue weighted by atomic mass is 10.2. The zero-order valence-corrected chi connectivity index (χ0v) is 12.3. The van der Waals surface area contributed by atoms with E-state index in [1.165, 1.54) is 0 Å². The molecule has 94 valence electrons. The summed E-state index contributed by atoms with van der Waals surface area (Å²) in [6.45, 7) is 2.38. The number of aryl methyl sites for hydroxylation is 1. The molecule has 2 rings (SSSR count). The van der Waals surface area contributed by atoms with Crippen molar-refractivity contribution in [3.8, 4) is 11.5 Å². The van der Waals surface area contributed by atoms with Gasteiger partial charge in [-0.1, -0.05) is 33.6 Å². The summed E-state index contributed by atoms with van der Waals surface area (Å²) < 4.78 is 6.81. The van der Waals surface area contributed by atoms with Gasteiger partial charge in [-0.3, -0.25) is 0 Å². The highest BCUT2D eigenvalue weighted by Crippen LogP contribution is 2.30. The average molecular weight is 327 g/mol. The van der Waals surface area contributed by atoms with Crippen molar-refractivity contribution in [1.82, 2.24) is 0 Å². The highest BCUT2D eigenvalue weighted by molar-refractivity contribution is 9.10. The van der Waals surface area contributed by atoms with E-state index in [1.54, 1.807) is 0 Å². The molecule has 0 radical (unpaired) electrons. The molecule has 0 amide bonds. The lowest BCUT2D eigenvalue weighted by Crippen LogP contribution is -1.99. The van der Waals surface area contributed by atoms with Crippen LogP contribution in [0, 0.1) is 6.92 Å². The minimum absolute atomic E-state index is 0.440. The van der Waals surface area contributed by atoms with E-state index in [-0.39, 0.29) is 0 Å². The lowest BCUT2D eigenvalue weighted by Gasteiger charge is -2.11. The minimum Gasteiger partial charge on any atom is -0.457 e. The molecule has 0 heterocycles. The molecule has 2 aromatic carbocycles. The standard InChI is InChI=1S/C14H13BrClNO/c1-9-6-12(4-5-13(9)16)18-14-7-11(15)3-2-10(14)8-17/h2-7H,8,17H2,1H3. The maximum Gasteiger partial charge on any atom is 0.133 e. The van der Waals surface area contributed by atoms with Gasteiger partial charge in [0.2, 0.25) is 0 Å². The Morgan fingerprint density at radius 2 is 2.00 bits per heavy atom. The van der Waals surface area contributed by atoms with Crippen LogP contribution >= 0.6 is 27.5 Å². The summed E-state index contributed by atoms with van der Waals surface area (Å²) in [4.78, 5) is 0. The van der Waals surface area contributed by atoms with E-state index in [0.717, 1.165) is 32.1 Å². The van der Waals surface area contributed by atoms with Crippen LogP contribution in [-0.2, 0) is 6.54 Å². The van der Waals surface area contributed by atoms with Gasteiger partial charge in [0.1, 0.15) is 11.5 Å². The highest BCUT2D eigenvalue weighted by atomic mass is 79.9. The van der Waals surface area contributed by atoms with Crippen molar-refractivity contribution in [3.05, 3.63) is 57.0 Å². The predicted octanol–water partition coefficient (Wildman–Crippen LogP) is 4.66. The molecule has 0 unspecified atom stereocenters. The molecule has 0 aliphatic carbocycles. The van der Waals surface area contributed by atoms with Gasteiger partial charge in [-0.2, -0.15) is 0 Å². The number of benzene rings is 2. The normalized spacial score (nSPS) is 10.4. The maximum absolute atomic E-state index is 5.98. The summed E-state index contributed by atoms with van der Waals surface area (Å²) in [5.41, 5.74) is 7.64. The number of nitrogens with two attached hydrogens (primary N) is 1. The number of hydrogen-bond acceptors (Lipinski definition) is 2. The average Bonchev–Trinajstić information content (AvgIpc) is 2.34. The second kappa shape index (κ2) is 5.74. The molecule has 0 spiro atoms. The molecule has 0 bridgehead atoms. The quantitative estimate of drug-likeness (QED) is 0.890. The molecule has 0 atom stereocenters. The van der Waals surface area contributed by atoms with Crippen LogP contribution in [0.1, 0.15) is 11.1 Å². The Morgan fingerprint density at radius 1 is 1.22 bits per heavy atom. The van der Waals surface area contributed by atoms with Gasteiger partial charge in [0.25, 0.3) is 0 Å². The van der Waals surface area contributed by atoms with E-state index < -0.39 is 0 Å². The molecular formula is C14H13BrClNO. The first-order valence-electron chi connectivity index (χ1n) is 5.52. The van der Waals surface area contributed by atoms with Crippen LogP contribution in [0.5, 0.6) is 11.5 Å². The molecule has 0 fully saturated rings. The van der Waals surface area contributed by atoms with Gasteiger partial charge in [-0.15, -0.1) is 0 Å². The SMILES string of the molecule is Cc1cc(Oc2cc(Br)ccc2CN)ccc1Cl. The Kier molecular flexibility index (Phi) is 4.27. The molecule has 4 heteroatoms. The van der Waals surface area contributed by atoms with Crippen molar-refractivity contribution in [2.24, 2.45) is 5.73 Å². The molecule has 18 heavy (non-hydrogen) atoms. The fraction of sp³-hybridized carbons (Fsp3) is 0.143. The van der Waals surface area contributed by atoms with Gasteiger partial charge in [-0.05, 0) is 42.8 Å². The van der Waals surface area contributed by atoms with Gasteiger partial charge in [-0.25, -0.2) is 0 Å².